The fourth-order valence-electron chi connectivity index (χ4n) is 2.64. The fourth-order valence-corrected chi connectivity index (χ4v) is 2.64. The van der Waals surface area contributed by atoms with Crippen LogP contribution in [0.5, 0.6) is 0 Å². The molecule has 1 N–H and O–H groups in total. The van der Waals surface area contributed by atoms with Gasteiger partial charge in [0.05, 0.1) is 35.6 Å². The van der Waals surface area contributed by atoms with Crippen molar-refractivity contribution in [2.24, 2.45) is 7.05 Å². The minimum absolute atomic E-state index is 0.109. The summed E-state index contributed by atoms with van der Waals surface area (Å²) in [5.74, 6) is 0.591. The predicted octanol–water partition coefficient (Wildman–Crippen LogP) is 1.61. The van der Waals surface area contributed by atoms with Gasteiger partial charge in [0.1, 0.15) is 5.82 Å². The summed E-state index contributed by atoms with van der Waals surface area (Å²) < 4.78 is 1.86. The Hall–Kier alpha value is -2.80. The number of imidazole rings is 1. The van der Waals surface area contributed by atoms with Crippen molar-refractivity contribution >= 4 is 16.9 Å². The van der Waals surface area contributed by atoms with Gasteiger partial charge in [-0.2, -0.15) is 0 Å². The number of aromatic nitrogens is 4. The first-order valence-corrected chi connectivity index (χ1v) is 8.11. The summed E-state index contributed by atoms with van der Waals surface area (Å²) in [5.41, 5.74) is 3.70. The molecular weight excluding hydrogens is 318 g/mol. The van der Waals surface area contributed by atoms with Crippen LogP contribution in [0, 0.1) is 13.8 Å². The van der Waals surface area contributed by atoms with E-state index in [1.165, 1.54) is 0 Å². The summed E-state index contributed by atoms with van der Waals surface area (Å²) >= 11 is 0. The van der Waals surface area contributed by atoms with E-state index in [1.807, 2.05) is 31.7 Å². The molecule has 1 amide bonds. The van der Waals surface area contributed by atoms with Gasteiger partial charge < -0.3 is 14.6 Å². The summed E-state index contributed by atoms with van der Waals surface area (Å²) in [6.07, 6.45) is 3.52. The first-order chi connectivity index (χ1) is 12.0. The lowest BCUT2D eigenvalue weighted by atomic mass is 10.1. The second-order valence-electron chi connectivity index (χ2n) is 6.00. The number of hydrogen-bond donors (Lipinski definition) is 1. The van der Waals surface area contributed by atoms with Crippen LogP contribution in [0.1, 0.15) is 27.6 Å². The Kier molecular flexibility index (Phi) is 4.76. The monoisotopic (exact) mass is 339 g/mol. The van der Waals surface area contributed by atoms with Crippen LogP contribution in [-0.4, -0.2) is 48.6 Å². The Balaban J connectivity index is 1.92. The molecule has 130 valence electrons. The zero-order valence-electron chi connectivity index (χ0n) is 14.6. The molecule has 3 aromatic rings. The Morgan fingerprint density at radius 3 is 2.56 bits per heavy atom. The lowest BCUT2D eigenvalue weighted by Gasteiger charge is -2.21. The number of aliphatic hydroxyl groups excluding tert-OH is 1. The molecule has 0 bridgehead atoms. The zero-order chi connectivity index (χ0) is 18.0. The van der Waals surface area contributed by atoms with Crippen LogP contribution in [0.15, 0.2) is 30.6 Å². The lowest BCUT2D eigenvalue weighted by molar-refractivity contribution is 0.0701. The minimum Gasteiger partial charge on any atom is -0.395 e. The Bertz CT molecular complexity index is 919. The molecule has 0 aliphatic rings. The molecule has 0 aliphatic carbocycles. The van der Waals surface area contributed by atoms with E-state index in [0.29, 0.717) is 17.6 Å². The molecule has 25 heavy (non-hydrogen) atoms. The summed E-state index contributed by atoms with van der Waals surface area (Å²) in [6.45, 7) is 4.27. The van der Waals surface area contributed by atoms with E-state index in [2.05, 4.69) is 15.0 Å². The van der Waals surface area contributed by atoms with E-state index < -0.39 is 0 Å². The van der Waals surface area contributed by atoms with Gasteiger partial charge in [0.15, 0.2) is 0 Å². The van der Waals surface area contributed by atoms with Gasteiger partial charge in [-0.05, 0) is 32.0 Å². The molecular formula is C18H21N5O2. The summed E-state index contributed by atoms with van der Waals surface area (Å²) in [4.78, 5) is 27.7. The highest BCUT2D eigenvalue weighted by molar-refractivity contribution is 5.97. The summed E-state index contributed by atoms with van der Waals surface area (Å²) in [7, 11) is 1.88. The van der Waals surface area contributed by atoms with E-state index in [4.69, 9.17) is 0 Å². The third kappa shape index (κ3) is 3.51. The molecule has 0 saturated carbocycles. The van der Waals surface area contributed by atoms with E-state index >= 15 is 0 Å². The maximum atomic E-state index is 12.9. The number of hydrogen-bond acceptors (Lipinski definition) is 5. The van der Waals surface area contributed by atoms with E-state index in [9.17, 15) is 9.90 Å². The molecule has 7 nitrogen and oxygen atoms in total. The smallest absolute Gasteiger partial charge is 0.254 e. The SMILES string of the molecule is Cc1nc2ccc(C(=O)N(CCO)Cc3nccn3C)cc2nc1C. The van der Waals surface area contributed by atoms with Crippen LogP contribution < -0.4 is 0 Å². The molecule has 0 saturated heterocycles. The Labute approximate surface area is 146 Å². The fraction of sp³-hybridized carbons (Fsp3) is 0.333. The van der Waals surface area contributed by atoms with Crippen LogP contribution >= 0.6 is 0 Å². The van der Waals surface area contributed by atoms with Crippen molar-refractivity contribution in [3.05, 3.63) is 53.4 Å². The maximum Gasteiger partial charge on any atom is 0.254 e. The van der Waals surface area contributed by atoms with Crippen LogP contribution in [0.4, 0.5) is 0 Å². The highest BCUT2D eigenvalue weighted by atomic mass is 16.3. The number of carbonyl (C=O) groups excluding carboxylic acids is 1. The lowest BCUT2D eigenvalue weighted by Crippen LogP contribution is -2.34. The molecule has 7 heteroatoms. The molecule has 3 rings (SSSR count). The molecule has 1 aromatic carbocycles. The Morgan fingerprint density at radius 1 is 1.20 bits per heavy atom. The quantitative estimate of drug-likeness (QED) is 0.763. The number of carbonyl (C=O) groups is 1. The van der Waals surface area contributed by atoms with Gasteiger partial charge in [0.2, 0.25) is 0 Å². The third-order valence-electron chi connectivity index (χ3n) is 4.23. The minimum atomic E-state index is -0.168. The highest BCUT2D eigenvalue weighted by Crippen LogP contribution is 2.16. The number of amides is 1. The van der Waals surface area contributed by atoms with Gasteiger partial charge in [0, 0.05) is 31.5 Å². The van der Waals surface area contributed by atoms with Crippen molar-refractivity contribution in [1.82, 2.24) is 24.4 Å². The van der Waals surface area contributed by atoms with E-state index in [-0.39, 0.29) is 19.1 Å². The number of nitrogens with zero attached hydrogens (tertiary/aromatic N) is 5. The third-order valence-corrected chi connectivity index (χ3v) is 4.23. The summed E-state index contributed by atoms with van der Waals surface area (Å²) in [5, 5.41) is 9.33. The first kappa shape index (κ1) is 17.0. The molecule has 0 unspecified atom stereocenters. The number of fused-ring (bicyclic) bond motifs is 1. The van der Waals surface area contributed by atoms with Crippen LogP contribution in [0.2, 0.25) is 0 Å². The largest absolute Gasteiger partial charge is 0.395 e. The first-order valence-electron chi connectivity index (χ1n) is 8.11. The maximum absolute atomic E-state index is 12.9. The number of rotatable bonds is 5. The van der Waals surface area contributed by atoms with Crippen LogP contribution in [0.3, 0.4) is 0 Å². The second-order valence-corrected chi connectivity index (χ2v) is 6.00. The molecule has 2 aromatic heterocycles. The standard InChI is InChI=1S/C18H21N5O2/c1-12-13(2)21-16-10-14(4-5-15(16)20-12)18(25)23(8-9-24)11-17-19-6-7-22(17)3/h4-7,10,24H,8-9,11H2,1-3H3. The van der Waals surface area contributed by atoms with Gasteiger partial charge >= 0.3 is 0 Å². The average molecular weight is 339 g/mol. The number of aliphatic hydroxyl groups is 1. The van der Waals surface area contributed by atoms with Gasteiger partial charge in [0.25, 0.3) is 5.91 Å². The van der Waals surface area contributed by atoms with E-state index in [1.54, 1.807) is 29.3 Å². The zero-order valence-corrected chi connectivity index (χ0v) is 14.6. The van der Waals surface area contributed by atoms with E-state index in [0.717, 1.165) is 22.7 Å². The number of aryl methyl sites for hydroxylation is 3. The highest BCUT2D eigenvalue weighted by Gasteiger charge is 2.18. The molecule has 0 spiro atoms. The molecule has 0 fully saturated rings. The Morgan fingerprint density at radius 2 is 1.92 bits per heavy atom. The van der Waals surface area contributed by atoms with Crippen molar-refractivity contribution in [3.63, 3.8) is 0 Å². The topological polar surface area (TPSA) is 84.1 Å². The molecule has 0 radical (unpaired) electrons. The molecule has 0 aliphatic heterocycles. The van der Waals surface area contributed by atoms with Crippen LogP contribution in [-0.2, 0) is 13.6 Å². The second kappa shape index (κ2) is 6.98. The normalized spacial score (nSPS) is 11.0. The molecule has 2 heterocycles. The predicted molar refractivity (Wildman–Crippen MR) is 94.0 cm³/mol. The van der Waals surface area contributed by atoms with Gasteiger partial charge in [-0.3, -0.25) is 4.79 Å². The van der Waals surface area contributed by atoms with Crippen molar-refractivity contribution in [2.45, 2.75) is 20.4 Å². The van der Waals surface area contributed by atoms with Crippen molar-refractivity contribution < 1.29 is 9.90 Å². The van der Waals surface area contributed by atoms with Crippen molar-refractivity contribution in [3.8, 4) is 0 Å². The van der Waals surface area contributed by atoms with Gasteiger partial charge in [-0.15, -0.1) is 0 Å². The van der Waals surface area contributed by atoms with Crippen molar-refractivity contribution in [1.29, 1.82) is 0 Å². The molecule has 0 atom stereocenters. The number of benzene rings is 1. The van der Waals surface area contributed by atoms with Gasteiger partial charge in [-0.25, -0.2) is 15.0 Å². The van der Waals surface area contributed by atoms with Crippen LogP contribution in [0.25, 0.3) is 11.0 Å². The van der Waals surface area contributed by atoms with Gasteiger partial charge in [-0.1, -0.05) is 0 Å². The average Bonchev–Trinajstić information content (AvgIpc) is 2.99. The summed E-state index contributed by atoms with van der Waals surface area (Å²) in [6, 6.07) is 5.30. The van der Waals surface area contributed by atoms with Crippen molar-refractivity contribution in [2.75, 3.05) is 13.2 Å².